The number of hydrogen-bond acceptors (Lipinski definition) is 6. The smallest absolute Gasteiger partial charge is 0.339 e. The fourth-order valence-electron chi connectivity index (χ4n) is 2.45. The van der Waals surface area contributed by atoms with Gasteiger partial charge in [0.15, 0.2) is 0 Å². The van der Waals surface area contributed by atoms with Crippen LogP contribution >= 0.6 is 0 Å². The molecule has 0 aromatic carbocycles. The van der Waals surface area contributed by atoms with Crippen molar-refractivity contribution in [1.29, 1.82) is 0 Å². The summed E-state index contributed by atoms with van der Waals surface area (Å²) in [6.45, 7) is 3.55. The molecule has 1 saturated heterocycles. The molecule has 6 heteroatoms. The van der Waals surface area contributed by atoms with E-state index in [1.165, 1.54) is 13.3 Å². The topological polar surface area (TPSA) is 68.7 Å². The second-order valence-electron chi connectivity index (χ2n) is 4.93. The average molecular weight is 292 g/mol. The number of nitrogens with zero attached hydrogens (tertiary/aromatic N) is 2. The van der Waals surface area contributed by atoms with Crippen LogP contribution in [0.4, 0.5) is 5.82 Å². The second kappa shape index (κ2) is 7.06. The molecule has 0 radical (unpaired) electrons. The summed E-state index contributed by atoms with van der Waals surface area (Å²) < 4.78 is 9.73. The molecule has 1 aromatic rings. The summed E-state index contributed by atoms with van der Waals surface area (Å²) in [6.07, 6.45) is 3.26. The first kappa shape index (κ1) is 15.3. The number of rotatable bonds is 4. The number of carbonyl (C=O) groups excluding carboxylic acids is 2. The number of aromatic nitrogens is 1. The van der Waals surface area contributed by atoms with Gasteiger partial charge in [-0.3, -0.25) is 4.79 Å². The molecule has 1 fully saturated rings. The zero-order chi connectivity index (χ0) is 15.2. The molecule has 6 nitrogen and oxygen atoms in total. The summed E-state index contributed by atoms with van der Waals surface area (Å²) in [4.78, 5) is 29.5. The molecule has 0 amide bonds. The minimum Gasteiger partial charge on any atom is -0.469 e. The van der Waals surface area contributed by atoms with Crippen LogP contribution in [0.5, 0.6) is 0 Å². The van der Waals surface area contributed by atoms with Gasteiger partial charge < -0.3 is 14.4 Å². The van der Waals surface area contributed by atoms with Gasteiger partial charge in [0.05, 0.1) is 25.2 Å². The first-order chi connectivity index (χ1) is 10.2. The molecule has 1 aromatic heterocycles. The van der Waals surface area contributed by atoms with E-state index < -0.39 is 0 Å². The molecular weight excluding hydrogens is 272 g/mol. The fourth-order valence-corrected chi connectivity index (χ4v) is 2.45. The lowest BCUT2D eigenvalue weighted by molar-refractivity contribution is -0.145. The molecular formula is C15H20N2O4. The van der Waals surface area contributed by atoms with Crippen LogP contribution in [-0.4, -0.2) is 43.7 Å². The van der Waals surface area contributed by atoms with Crippen LogP contribution in [0.25, 0.3) is 0 Å². The third kappa shape index (κ3) is 3.71. The number of hydrogen-bond donors (Lipinski definition) is 0. The van der Waals surface area contributed by atoms with E-state index in [9.17, 15) is 9.59 Å². The zero-order valence-corrected chi connectivity index (χ0v) is 12.4. The van der Waals surface area contributed by atoms with E-state index in [0.29, 0.717) is 18.7 Å². The van der Waals surface area contributed by atoms with E-state index in [4.69, 9.17) is 9.47 Å². The average Bonchev–Trinajstić information content (AvgIpc) is 2.54. The summed E-state index contributed by atoms with van der Waals surface area (Å²) in [7, 11) is 1.41. The van der Waals surface area contributed by atoms with Gasteiger partial charge in [-0.1, -0.05) is 0 Å². The maximum atomic E-state index is 11.6. The highest BCUT2D eigenvalue weighted by Gasteiger charge is 2.27. The standard InChI is InChI=1S/C15H20N2O4/c1-3-21-15(19)11-6-7-13(16-9-11)17-8-4-5-12(10-17)14(18)20-2/h6-7,9,12H,3-5,8,10H2,1-2H3. The number of ether oxygens (including phenoxy) is 2. The van der Waals surface area contributed by atoms with Crippen molar-refractivity contribution >= 4 is 17.8 Å². The Bertz CT molecular complexity index is 501. The van der Waals surface area contributed by atoms with E-state index in [-0.39, 0.29) is 17.9 Å². The lowest BCUT2D eigenvalue weighted by atomic mass is 9.98. The minimum absolute atomic E-state index is 0.115. The van der Waals surface area contributed by atoms with Crippen LogP contribution in [0.1, 0.15) is 30.1 Å². The van der Waals surface area contributed by atoms with Gasteiger partial charge in [-0.05, 0) is 31.9 Å². The molecule has 1 aliphatic rings. The maximum absolute atomic E-state index is 11.6. The second-order valence-corrected chi connectivity index (χ2v) is 4.93. The Morgan fingerprint density at radius 1 is 1.43 bits per heavy atom. The van der Waals surface area contributed by atoms with E-state index in [0.717, 1.165) is 25.2 Å². The van der Waals surface area contributed by atoms with Crippen LogP contribution in [0.3, 0.4) is 0 Å². The van der Waals surface area contributed by atoms with Gasteiger partial charge in [-0.2, -0.15) is 0 Å². The van der Waals surface area contributed by atoms with Crippen molar-refractivity contribution < 1.29 is 19.1 Å². The minimum atomic E-state index is -0.373. The molecule has 2 heterocycles. The predicted molar refractivity (Wildman–Crippen MR) is 77.1 cm³/mol. The number of esters is 2. The molecule has 1 atom stereocenters. The molecule has 0 spiro atoms. The van der Waals surface area contributed by atoms with E-state index in [1.54, 1.807) is 19.1 Å². The van der Waals surface area contributed by atoms with Gasteiger partial charge in [0.25, 0.3) is 0 Å². The third-order valence-electron chi connectivity index (χ3n) is 3.54. The predicted octanol–water partition coefficient (Wildman–Crippen LogP) is 1.65. The SMILES string of the molecule is CCOC(=O)c1ccc(N2CCCC(C(=O)OC)C2)nc1. The quantitative estimate of drug-likeness (QED) is 0.786. The Morgan fingerprint density at radius 3 is 2.86 bits per heavy atom. The molecule has 21 heavy (non-hydrogen) atoms. The van der Waals surface area contributed by atoms with Crippen LogP contribution in [0.2, 0.25) is 0 Å². The van der Waals surface area contributed by atoms with Gasteiger partial charge in [0.1, 0.15) is 5.82 Å². The van der Waals surface area contributed by atoms with Gasteiger partial charge in [0.2, 0.25) is 0 Å². The number of methoxy groups -OCH3 is 1. The normalized spacial score (nSPS) is 18.2. The van der Waals surface area contributed by atoms with Gasteiger partial charge in [-0.25, -0.2) is 9.78 Å². The van der Waals surface area contributed by atoms with Crippen molar-refractivity contribution in [2.45, 2.75) is 19.8 Å². The summed E-state index contributed by atoms with van der Waals surface area (Å²) >= 11 is 0. The summed E-state index contributed by atoms with van der Waals surface area (Å²) in [6, 6.07) is 3.48. The van der Waals surface area contributed by atoms with Crippen LogP contribution < -0.4 is 4.90 Å². The molecule has 0 N–H and O–H groups in total. The zero-order valence-electron chi connectivity index (χ0n) is 12.4. The third-order valence-corrected chi connectivity index (χ3v) is 3.54. The van der Waals surface area contributed by atoms with E-state index in [1.807, 2.05) is 4.90 Å². The Hall–Kier alpha value is -2.11. The lowest BCUT2D eigenvalue weighted by Crippen LogP contribution is -2.39. The first-order valence-corrected chi connectivity index (χ1v) is 7.11. The molecule has 1 unspecified atom stereocenters. The largest absolute Gasteiger partial charge is 0.469 e. The van der Waals surface area contributed by atoms with Crippen molar-refractivity contribution in [3.63, 3.8) is 0 Å². The van der Waals surface area contributed by atoms with Gasteiger partial charge >= 0.3 is 11.9 Å². The van der Waals surface area contributed by atoms with E-state index >= 15 is 0 Å². The highest BCUT2D eigenvalue weighted by Crippen LogP contribution is 2.22. The van der Waals surface area contributed by atoms with Gasteiger partial charge in [-0.15, -0.1) is 0 Å². The first-order valence-electron chi connectivity index (χ1n) is 7.11. The molecule has 0 bridgehead atoms. The Balaban J connectivity index is 2.04. The fraction of sp³-hybridized carbons (Fsp3) is 0.533. The Labute approximate surface area is 124 Å². The highest BCUT2D eigenvalue weighted by atomic mass is 16.5. The van der Waals surface area contributed by atoms with Crippen molar-refractivity contribution in [2.24, 2.45) is 5.92 Å². The lowest BCUT2D eigenvalue weighted by Gasteiger charge is -2.32. The molecule has 2 rings (SSSR count). The molecule has 0 saturated carbocycles. The monoisotopic (exact) mass is 292 g/mol. The van der Waals surface area contributed by atoms with Crippen molar-refractivity contribution in [2.75, 3.05) is 31.7 Å². The number of carbonyl (C=O) groups is 2. The summed E-state index contributed by atoms with van der Waals surface area (Å²) in [5, 5.41) is 0. The van der Waals surface area contributed by atoms with E-state index in [2.05, 4.69) is 4.98 Å². The Kier molecular flexibility index (Phi) is 5.14. The van der Waals surface area contributed by atoms with Crippen LogP contribution in [-0.2, 0) is 14.3 Å². The number of pyridine rings is 1. The van der Waals surface area contributed by atoms with Gasteiger partial charge in [0, 0.05) is 19.3 Å². The molecule has 1 aliphatic heterocycles. The number of anilines is 1. The molecule has 0 aliphatic carbocycles. The maximum Gasteiger partial charge on any atom is 0.339 e. The van der Waals surface area contributed by atoms with Crippen LogP contribution in [0.15, 0.2) is 18.3 Å². The Morgan fingerprint density at radius 2 is 2.24 bits per heavy atom. The van der Waals surface area contributed by atoms with Crippen LogP contribution in [0, 0.1) is 5.92 Å². The number of piperidine rings is 1. The highest BCUT2D eigenvalue weighted by molar-refractivity contribution is 5.89. The van der Waals surface area contributed by atoms with Crippen molar-refractivity contribution in [3.8, 4) is 0 Å². The van der Waals surface area contributed by atoms with Crippen molar-refractivity contribution in [1.82, 2.24) is 4.98 Å². The van der Waals surface area contributed by atoms with Crippen molar-refractivity contribution in [3.05, 3.63) is 23.9 Å². The summed E-state index contributed by atoms with van der Waals surface area (Å²) in [5.41, 5.74) is 0.433. The molecule has 114 valence electrons. The summed E-state index contributed by atoms with van der Waals surface area (Å²) in [5.74, 6) is 0.0948.